The lowest BCUT2D eigenvalue weighted by molar-refractivity contribution is 0.187. The number of piperidine rings is 1. The minimum absolute atomic E-state index is 0.0518. The van der Waals surface area contributed by atoms with Crippen molar-refractivity contribution in [3.05, 3.63) is 24.0 Å². The number of rotatable bonds is 3. The molecule has 0 aromatic heterocycles. The highest BCUT2D eigenvalue weighted by Crippen LogP contribution is 2.23. The van der Waals surface area contributed by atoms with Crippen molar-refractivity contribution in [1.82, 2.24) is 9.21 Å². The number of sulfonamides is 1. The largest absolute Gasteiger partial charge is 0.396 e. The number of nitrogen functional groups attached to an aromatic ring is 1. The zero-order valence-electron chi connectivity index (χ0n) is 11.7. The van der Waals surface area contributed by atoms with E-state index in [9.17, 15) is 12.8 Å². The second kappa shape index (κ2) is 5.67. The van der Waals surface area contributed by atoms with Crippen LogP contribution in [0.25, 0.3) is 0 Å². The number of benzene rings is 1. The molecular formula is C13H20FN3O2S. The number of likely N-dealkylation sites (tertiary alicyclic amines) is 1. The van der Waals surface area contributed by atoms with Crippen molar-refractivity contribution >= 4 is 15.7 Å². The van der Waals surface area contributed by atoms with Gasteiger partial charge in [0, 0.05) is 19.6 Å². The van der Waals surface area contributed by atoms with Crippen LogP contribution in [0.2, 0.25) is 0 Å². The lowest BCUT2D eigenvalue weighted by Gasteiger charge is -2.35. The van der Waals surface area contributed by atoms with Crippen molar-refractivity contribution in [3.8, 4) is 0 Å². The third-order valence-electron chi connectivity index (χ3n) is 3.76. The van der Waals surface area contributed by atoms with Crippen molar-refractivity contribution in [2.75, 3.05) is 32.9 Å². The van der Waals surface area contributed by atoms with Crippen LogP contribution in [0.3, 0.4) is 0 Å². The summed E-state index contributed by atoms with van der Waals surface area (Å²) in [6, 6.07) is 3.52. The Kier molecular flexibility index (Phi) is 4.31. The lowest BCUT2D eigenvalue weighted by atomic mass is 10.1. The smallest absolute Gasteiger partial charge is 0.243 e. The van der Waals surface area contributed by atoms with Crippen LogP contribution in [0.15, 0.2) is 23.1 Å². The Morgan fingerprint density at radius 1 is 1.45 bits per heavy atom. The zero-order chi connectivity index (χ0) is 14.9. The summed E-state index contributed by atoms with van der Waals surface area (Å²) in [6.45, 7) is 1.66. The second-order valence-corrected chi connectivity index (χ2v) is 7.26. The maximum absolute atomic E-state index is 13.5. The van der Waals surface area contributed by atoms with Gasteiger partial charge >= 0.3 is 0 Å². The molecule has 1 saturated heterocycles. The van der Waals surface area contributed by atoms with Gasteiger partial charge in [-0.15, -0.1) is 0 Å². The normalized spacial score (nSPS) is 21.3. The molecule has 7 heteroatoms. The first kappa shape index (κ1) is 15.2. The molecule has 5 nitrogen and oxygen atoms in total. The molecule has 1 aromatic carbocycles. The fraction of sp³-hybridized carbons (Fsp3) is 0.538. The van der Waals surface area contributed by atoms with Crippen LogP contribution >= 0.6 is 0 Å². The third-order valence-corrected chi connectivity index (χ3v) is 5.67. The lowest BCUT2D eigenvalue weighted by Crippen LogP contribution is -2.47. The molecule has 1 aliphatic heterocycles. The molecule has 0 radical (unpaired) electrons. The van der Waals surface area contributed by atoms with Crippen molar-refractivity contribution in [2.45, 2.75) is 23.8 Å². The van der Waals surface area contributed by atoms with Gasteiger partial charge in [0.15, 0.2) is 0 Å². The van der Waals surface area contributed by atoms with Gasteiger partial charge in [-0.05, 0) is 44.6 Å². The summed E-state index contributed by atoms with van der Waals surface area (Å²) in [4.78, 5) is 2.05. The maximum Gasteiger partial charge on any atom is 0.243 e. The number of anilines is 1. The fourth-order valence-corrected chi connectivity index (χ4v) is 3.86. The SMILES string of the molecule is CN1CCCC(N(C)S(=O)(=O)c2ccc(N)c(F)c2)C1. The molecule has 1 heterocycles. The van der Waals surface area contributed by atoms with Gasteiger partial charge in [-0.3, -0.25) is 0 Å². The van der Waals surface area contributed by atoms with Gasteiger partial charge in [-0.1, -0.05) is 0 Å². The molecule has 2 rings (SSSR count). The van der Waals surface area contributed by atoms with Crippen LogP contribution in [-0.4, -0.2) is 50.8 Å². The van der Waals surface area contributed by atoms with E-state index < -0.39 is 15.8 Å². The summed E-state index contributed by atoms with van der Waals surface area (Å²) in [5.41, 5.74) is 5.33. The molecule has 0 aliphatic carbocycles. The number of halogens is 1. The van der Waals surface area contributed by atoms with E-state index in [4.69, 9.17) is 5.73 Å². The first-order valence-electron chi connectivity index (χ1n) is 6.54. The van der Waals surface area contributed by atoms with E-state index in [2.05, 4.69) is 4.90 Å². The average Bonchev–Trinajstić information content (AvgIpc) is 2.40. The van der Waals surface area contributed by atoms with Gasteiger partial charge in [-0.2, -0.15) is 4.31 Å². The van der Waals surface area contributed by atoms with Crippen molar-refractivity contribution in [3.63, 3.8) is 0 Å². The Balaban J connectivity index is 2.26. The highest BCUT2D eigenvalue weighted by molar-refractivity contribution is 7.89. The van der Waals surface area contributed by atoms with E-state index in [1.54, 1.807) is 7.05 Å². The Morgan fingerprint density at radius 3 is 2.75 bits per heavy atom. The van der Waals surface area contributed by atoms with Crippen LogP contribution in [-0.2, 0) is 10.0 Å². The number of hydrogen-bond acceptors (Lipinski definition) is 4. The molecule has 0 spiro atoms. The quantitative estimate of drug-likeness (QED) is 0.850. The molecule has 1 fully saturated rings. The number of nitrogens with two attached hydrogens (primary N) is 1. The van der Waals surface area contributed by atoms with E-state index in [-0.39, 0.29) is 16.6 Å². The van der Waals surface area contributed by atoms with Gasteiger partial charge in [0.05, 0.1) is 10.6 Å². The first-order chi connectivity index (χ1) is 9.32. The standard InChI is InChI=1S/C13H20FN3O2S/c1-16-7-3-4-10(9-16)17(2)20(18,19)11-5-6-13(15)12(14)8-11/h5-6,8,10H,3-4,7,9,15H2,1-2H3. The summed E-state index contributed by atoms with van der Waals surface area (Å²) in [6.07, 6.45) is 1.77. The second-order valence-electron chi connectivity index (χ2n) is 5.26. The molecule has 1 atom stereocenters. The summed E-state index contributed by atoms with van der Waals surface area (Å²) >= 11 is 0. The van der Waals surface area contributed by atoms with Crippen LogP contribution in [0.5, 0.6) is 0 Å². The van der Waals surface area contributed by atoms with Crippen LogP contribution in [0, 0.1) is 5.82 Å². The molecule has 0 bridgehead atoms. The molecule has 20 heavy (non-hydrogen) atoms. The molecular weight excluding hydrogens is 281 g/mol. The van der Waals surface area contributed by atoms with Crippen molar-refractivity contribution < 1.29 is 12.8 Å². The summed E-state index contributed by atoms with van der Waals surface area (Å²) < 4.78 is 39.8. The fourth-order valence-electron chi connectivity index (χ4n) is 2.47. The van der Waals surface area contributed by atoms with Crippen molar-refractivity contribution in [2.24, 2.45) is 0 Å². The topological polar surface area (TPSA) is 66.6 Å². The Hall–Kier alpha value is -1.18. The number of likely N-dealkylation sites (N-methyl/N-ethyl adjacent to an activating group) is 2. The molecule has 1 aromatic rings. The van der Waals surface area contributed by atoms with E-state index >= 15 is 0 Å². The van der Waals surface area contributed by atoms with E-state index in [0.29, 0.717) is 6.54 Å². The Bertz CT molecular complexity index is 591. The minimum Gasteiger partial charge on any atom is -0.396 e. The Labute approximate surface area is 119 Å². The molecule has 0 amide bonds. The summed E-state index contributed by atoms with van der Waals surface area (Å²) in [7, 11) is -0.173. The van der Waals surface area contributed by atoms with Gasteiger partial charge in [-0.25, -0.2) is 12.8 Å². The molecule has 112 valence electrons. The molecule has 1 unspecified atom stereocenters. The van der Waals surface area contributed by atoms with Gasteiger partial charge in [0.25, 0.3) is 0 Å². The van der Waals surface area contributed by atoms with E-state index in [0.717, 1.165) is 25.5 Å². The van der Waals surface area contributed by atoms with Crippen LogP contribution < -0.4 is 5.73 Å². The minimum atomic E-state index is -3.69. The van der Waals surface area contributed by atoms with Crippen molar-refractivity contribution in [1.29, 1.82) is 0 Å². The van der Waals surface area contributed by atoms with Gasteiger partial charge < -0.3 is 10.6 Å². The predicted molar refractivity (Wildman–Crippen MR) is 76.3 cm³/mol. The predicted octanol–water partition coefficient (Wildman–Crippen LogP) is 1.12. The van der Waals surface area contributed by atoms with Gasteiger partial charge in [0.1, 0.15) is 5.82 Å². The number of hydrogen-bond donors (Lipinski definition) is 1. The highest BCUT2D eigenvalue weighted by atomic mass is 32.2. The van der Waals surface area contributed by atoms with E-state index in [1.165, 1.54) is 16.4 Å². The third kappa shape index (κ3) is 2.94. The van der Waals surface area contributed by atoms with Crippen LogP contribution in [0.4, 0.5) is 10.1 Å². The highest BCUT2D eigenvalue weighted by Gasteiger charge is 2.30. The molecule has 1 aliphatic rings. The zero-order valence-corrected chi connectivity index (χ0v) is 12.5. The maximum atomic E-state index is 13.5. The summed E-state index contributed by atoms with van der Waals surface area (Å²) in [5.74, 6) is -0.708. The Morgan fingerprint density at radius 2 is 2.15 bits per heavy atom. The summed E-state index contributed by atoms with van der Waals surface area (Å²) in [5, 5.41) is 0. The van der Waals surface area contributed by atoms with Crippen LogP contribution in [0.1, 0.15) is 12.8 Å². The average molecular weight is 301 g/mol. The number of nitrogens with zero attached hydrogens (tertiary/aromatic N) is 2. The van der Waals surface area contributed by atoms with Gasteiger partial charge in [0.2, 0.25) is 10.0 Å². The monoisotopic (exact) mass is 301 g/mol. The molecule has 0 saturated carbocycles. The molecule has 2 N–H and O–H groups in total. The first-order valence-corrected chi connectivity index (χ1v) is 7.98. The van der Waals surface area contributed by atoms with E-state index in [1.807, 2.05) is 7.05 Å².